The molecule has 0 aliphatic carbocycles. The number of hydrogen-bond acceptors (Lipinski definition) is 6. The number of piperidine rings is 1. The maximum absolute atomic E-state index is 12.9. The van der Waals surface area contributed by atoms with Crippen LogP contribution in [0.3, 0.4) is 0 Å². The number of anilines is 1. The van der Waals surface area contributed by atoms with Crippen molar-refractivity contribution >= 4 is 29.3 Å². The molecule has 3 aliphatic heterocycles. The second-order valence-electron chi connectivity index (χ2n) is 6.60. The van der Waals surface area contributed by atoms with Crippen LogP contribution >= 0.6 is 0 Å². The molecule has 1 atom stereocenters. The Labute approximate surface area is 143 Å². The molecule has 0 saturated carbocycles. The van der Waals surface area contributed by atoms with E-state index in [1.807, 2.05) is 4.90 Å². The van der Waals surface area contributed by atoms with Crippen molar-refractivity contribution in [1.29, 1.82) is 0 Å². The van der Waals surface area contributed by atoms with Crippen LogP contribution in [-0.2, 0) is 9.59 Å². The van der Waals surface area contributed by atoms with Gasteiger partial charge < -0.3 is 10.0 Å². The molecule has 8 heteroatoms. The number of aliphatic hydroxyl groups excluding tert-OH is 1. The second kappa shape index (κ2) is 5.66. The summed E-state index contributed by atoms with van der Waals surface area (Å²) in [5.41, 5.74) is 1.23. The molecule has 130 valence electrons. The highest BCUT2D eigenvalue weighted by Gasteiger charge is 2.46. The Bertz CT molecular complexity index is 799. The predicted octanol–water partition coefficient (Wildman–Crippen LogP) is -0.484. The zero-order valence-corrected chi connectivity index (χ0v) is 13.4. The lowest BCUT2D eigenvalue weighted by Gasteiger charge is -2.40. The summed E-state index contributed by atoms with van der Waals surface area (Å²) >= 11 is 0. The molecule has 0 spiro atoms. The molecule has 0 aromatic heterocycles. The molecule has 0 bridgehead atoms. The van der Waals surface area contributed by atoms with Crippen molar-refractivity contribution in [3.8, 4) is 0 Å². The van der Waals surface area contributed by atoms with E-state index in [1.54, 1.807) is 18.2 Å². The maximum atomic E-state index is 12.9. The Morgan fingerprint density at radius 2 is 1.88 bits per heavy atom. The van der Waals surface area contributed by atoms with Gasteiger partial charge in [-0.1, -0.05) is 6.07 Å². The van der Waals surface area contributed by atoms with E-state index in [-0.39, 0.29) is 30.9 Å². The molecule has 4 rings (SSSR count). The summed E-state index contributed by atoms with van der Waals surface area (Å²) < 4.78 is 0. The van der Waals surface area contributed by atoms with Crippen LogP contribution in [-0.4, -0.2) is 59.4 Å². The molecule has 1 aromatic rings. The topological polar surface area (TPSA) is 107 Å². The summed E-state index contributed by atoms with van der Waals surface area (Å²) in [5, 5.41) is 11.4. The number of carbonyl (C=O) groups excluding carboxylic acids is 4. The number of hydrogen-bond donors (Lipinski definition) is 2. The molecule has 0 radical (unpaired) electrons. The van der Waals surface area contributed by atoms with Gasteiger partial charge in [0.05, 0.1) is 16.8 Å². The van der Waals surface area contributed by atoms with Crippen molar-refractivity contribution in [3.05, 3.63) is 29.3 Å². The van der Waals surface area contributed by atoms with E-state index in [9.17, 15) is 24.3 Å². The van der Waals surface area contributed by atoms with Crippen LogP contribution in [0.25, 0.3) is 0 Å². The van der Waals surface area contributed by atoms with Crippen molar-refractivity contribution in [1.82, 2.24) is 10.2 Å². The number of carbonyl (C=O) groups is 4. The molecule has 4 amide bonds. The summed E-state index contributed by atoms with van der Waals surface area (Å²) in [5.74, 6) is -1.85. The second-order valence-corrected chi connectivity index (χ2v) is 6.60. The molecule has 2 fully saturated rings. The molecular formula is C17H17N3O5. The van der Waals surface area contributed by atoms with Crippen molar-refractivity contribution in [2.45, 2.75) is 18.9 Å². The van der Waals surface area contributed by atoms with E-state index in [0.717, 1.165) is 4.90 Å². The van der Waals surface area contributed by atoms with Crippen LogP contribution in [0.1, 0.15) is 33.6 Å². The fourth-order valence-corrected chi connectivity index (χ4v) is 3.64. The number of aliphatic hydroxyl groups is 1. The third-order valence-electron chi connectivity index (χ3n) is 5.00. The number of nitrogens with one attached hydrogen (secondary N) is 1. The average Bonchev–Trinajstić information content (AvgIpc) is 2.79. The van der Waals surface area contributed by atoms with Crippen molar-refractivity contribution in [2.75, 3.05) is 24.6 Å². The van der Waals surface area contributed by atoms with E-state index < -0.39 is 29.7 Å². The van der Waals surface area contributed by atoms with Crippen LogP contribution in [0, 0.1) is 5.92 Å². The largest absolute Gasteiger partial charge is 0.396 e. The summed E-state index contributed by atoms with van der Waals surface area (Å²) in [7, 11) is 0. The first-order valence-electron chi connectivity index (χ1n) is 8.21. The summed E-state index contributed by atoms with van der Waals surface area (Å²) in [6.45, 7) is 1.32. The van der Waals surface area contributed by atoms with Crippen molar-refractivity contribution in [3.63, 3.8) is 0 Å². The van der Waals surface area contributed by atoms with Gasteiger partial charge in [0.15, 0.2) is 0 Å². The quantitative estimate of drug-likeness (QED) is 0.718. The molecule has 3 aliphatic rings. The maximum Gasteiger partial charge on any atom is 0.264 e. The van der Waals surface area contributed by atoms with E-state index in [0.29, 0.717) is 24.3 Å². The summed E-state index contributed by atoms with van der Waals surface area (Å²) in [4.78, 5) is 51.9. The normalized spacial score (nSPS) is 23.6. The minimum absolute atomic E-state index is 0.0841. The van der Waals surface area contributed by atoms with Gasteiger partial charge in [0.25, 0.3) is 11.8 Å². The van der Waals surface area contributed by atoms with E-state index >= 15 is 0 Å². The highest BCUT2D eigenvalue weighted by Crippen LogP contribution is 2.36. The Hall–Kier alpha value is -2.74. The van der Waals surface area contributed by atoms with Crippen LogP contribution in [0.2, 0.25) is 0 Å². The SMILES string of the molecule is O=C1CCC(N2C(=O)c3cccc(N4CC(CO)C4)c3C2=O)C(=O)N1. The minimum atomic E-state index is -0.959. The Morgan fingerprint density at radius 1 is 1.12 bits per heavy atom. The van der Waals surface area contributed by atoms with Gasteiger partial charge in [0.2, 0.25) is 11.8 Å². The van der Waals surface area contributed by atoms with Crippen LogP contribution in [0.5, 0.6) is 0 Å². The molecule has 3 heterocycles. The highest BCUT2D eigenvalue weighted by atomic mass is 16.3. The molecule has 25 heavy (non-hydrogen) atoms. The molecule has 1 unspecified atom stereocenters. The van der Waals surface area contributed by atoms with Crippen LogP contribution in [0.15, 0.2) is 18.2 Å². The number of rotatable bonds is 3. The average molecular weight is 343 g/mol. The predicted molar refractivity (Wildman–Crippen MR) is 85.9 cm³/mol. The van der Waals surface area contributed by atoms with Crippen LogP contribution < -0.4 is 10.2 Å². The molecule has 2 N–H and O–H groups in total. The lowest BCUT2D eigenvalue weighted by Crippen LogP contribution is -2.54. The number of nitrogens with zero attached hydrogens (tertiary/aromatic N) is 2. The van der Waals surface area contributed by atoms with E-state index in [4.69, 9.17) is 0 Å². The van der Waals surface area contributed by atoms with Crippen molar-refractivity contribution in [2.24, 2.45) is 5.92 Å². The Kier molecular flexibility index (Phi) is 3.57. The van der Waals surface area contributed by atoms with Crippen molar-refractivity contribution < 1.29 is 24.3 Å². The Morgan fingerprint density at radius 3 is 2.56 bits per heavy atom. The van der Waals surface area contributed by atoms with Gasteiger partial charge in [-0.3, -0.25) is 29.4 Å². The lowest BCUT2D eigenvalue weighted by atomic mass is 9.97. The number of amides is 4. The zero-order chi connectivity index (χ0) is 17.7. The zero-order valence-electron chi connectivity index (χ0n) is 13.4. The first-order valence-corrected chi connectivity index (χ1v) is 8.21. The fraction of sp³-hybridized carbons (Fsp3) is 0.412. The first-order chi connectivity index (χ1) is 12.0. The standard InChI is InChI=1S/C17H17N3O5/c21-8-9-6-19(7-9)11-3-1-2-10-14(11)17(25)20(16(10)24)12-4-5-13(22)18-15(12)23/h1-3,9,12,21H,4-8H2,(H,18,22,23). The number of fused-ring (bicyclic) bond motifs is 1. The van der Waals surface area contributed by atoms with E-state index in [2.05, 4.69) is 5.32 Å². The summed E-state index contributed by atoms with van der Waals surface area (Å²) in [6.07, 6.45) is 0.239. The van der Waals surface area contributed by atoms with Gasteiger partial charge in [-0.25, -0.2) is 0 Å². The summed E-state index contributed by atoms with van der Waals surface area (Å²) in [6, 6.07) is 4.10. The van der Waals surface area contributed by atoms with Gasteiger partial charge in [-0.15, -0.1) is 0 Å². The fourth-order valence-electron chi connectivity index (χ4n) is 3.64. The smallest absolute Gasteiger partial charge is 0.264 e. The third kappa shape index (κ3) is 2.32. The number of imide groups is 2. The van der Waals surface area contributed by atoms with Gasteiger partial charge in [0, 0.05) is 32.0 Å². The monoisotopic (exact) mass is 343 g/mol. The minimum Gasteiger partial charge on any atom is -0.396 e. The van der Waals surface area contributed by atoms with Gasteiger partial charge in [-0.2, -0.15) is 0 Å². The molecule has 1 aromatic carbocycles. The van der Waals surface area contributed by atoms with Gasteiger partial charge >= 0.3 is 0 Å². The highest BCUT2D eigenvalue weighted by molar-refractivity contribution is 6.25. The van der Waals surface area contributed by atoms with Gasteiger partial charge in [-0.05, 0) is 18.6 Å². The van der Waals surface area contributed by atoms with E-state index in [1.165, 1.54) is 0 Å². The van der Waals surface area contributed by atoms with Gasteiger partial charge in [0.1, 0.15) is 6.04 Å². The van der Waals surface area contributed by atoms with Crippen LogP contribution in [0.4, 0.5) is 5.69 Å². The number of benzene rings is 1. The molecule has 2 saturated heterocycles. The Balaban J connectivity index is 1.66. The molecule has 8 nitrogen and oxygen atoms in total. The molecular weight excluding hydrogens is 326 g/mol. The lowest BCUT2D eigenvalue weighted by molar-refractivity contribution is -0.136. The third-order valence-corrected chi connectivity index (χ3v) is 5.00. The first kappa shape index (κ1) is 15.8.